The van der Waals surface area contributed by atoms with Gasteiger partial charge < -0.3 is 0 Å². The van der Waals surface area contributed by atoms with Crippen LogP contribution >= 0.6 is 0 Å². The number of hydrogen-bond acceptors (Lipinski definition) is 2. The monoisotopic (exact) mass is 184 g/mol. The van der Waals surface area contributed by atoms with Crippen LogP contribution in [-0.2, 0) is 6.42 Å². The molecule has 0 aliphatic heterocycles. The van der Waals surface area contributed by atoms with Crippen LogP contribution in [-0.4, -0.2) is 9.97 Å². The molecule has 0 aliphatic carbocycles. The Kier molecular flexibility index (Phi) is 2.54. The van der Waals surface area contributed by atoms with Gasteiger partial charge in [-0.1, -0.05) is 29.8 Å². The van der Waals surface area contributed by atoms with Gasteiger partial charge in [-0.3, -0.25) is 0 Å². The minimum Gasteiger partial charge on any atom is -0.241 e. The summed E-state index contributed by atoms with van der Waals surface area (Å²) in [5, 5.41) is 0. The van der Waals surface area contributed by atoms with Crippen molar-refractivity contribution in [3.63, 3.8) is 0 Å². The average Bonchev–Trinajstić information content (AvgIpc) is 2.19. The Labute approximate surface area is 83.7 Å². The summed E-state index contributed by atoms with van der Waals surface area (Å²) in [6.45, 7) is 2.09. The van der Waals surface area contributed by atoms with Crippen molar-refractivity contribution < 1.29 is 0 Å². The van der Waals surface area contributed by atoms with E-state index in [1.54, 1.807) is 12.4 Å². The Morgan fingerprint density at radius 1 is 1.07 bits per heavy atom. The summed E-state index contributed by atoms with van der Waals surface area (Å²) < 4.78 is 0. The molecule has 1 heterocycles. The number of aromatic nitrogens is 2. The van der Waals surface area contributed by atoms with Crippen molar-refractivity contribution >= 4 is 0 Å². The van der Waals surface area contributed by atoms with Crippen molar-refractivity contribution in [1.82, 2.24) is 9.97 Å². The van der Waals surface area contributed by atoms with Crippen LogP contribution in [0.1, 0.15) is 17.0 Å². The molecule has 0 atom stereocenters. The molecule has 1 aromatic heterocycles. The summed E-state index contributed by atoms with van der Waals surface area (Å²) in [5.41, 5.74) is 2.54. The van der Waals surface area contributed by atoms with Crippen molar-refractivity contribution in [2.45, 2.75) is 13.3 Å². The molecular weight excluding hydrogens is 172 g/mol. The molecule has 2 aromatic rings. The highest BCUT2D eigenvalue weighted by Crippen LogP contribution is 2.07. The van der Waals surface area contributed by atoms with E-state index in [1.165, 1.54) is 11.1 Å². The minimum absolute atomic E-state index is 0.808. The topological polar surface area (TPSA) is 25.8 Å². The van der Waals surface area contributed by atoms with E-state index in [9.17, 15) is 0 Å². The molecule has 0 amide bonds. The van der Waals surface area contributed by atoms with Crippen LogP contribution in [0.5, 0.6) is 0 Å². The molecule has 2 rings (SSSR count). The molecule has 0 saturated carbocycles. The molecule has 0 radical (unpaired) electrons. The summed E-state index contributed by atoms with van der Waals surface area (Å²) in [4.78, 5) is 8.39. The van der Waals surface area contributed by atoms with E-state index in [0.717, 1.165) is 12.2 Å². The summed E-state index contributed by atoms with van der Waals surface area (Å²) in [6, 6.07) is 10.3. The van der Waals surface area contributed by atoms with Gasteiger partial charge in [0.05, 0.1) is 0 Å². The first-order chi connectivity index (χ1) is 6.84. The van der Waals surface area contributed by atoms with Crippen LogP contribution in [0.3, 0.4) is 0 Å². The Bertz CT molecular complexity index is 410. The van der Waals surface area contributed by atoms with Gasteiger partial charge >= 0.3 is 0 Å². The van der Waals surface area contributed by atoms with E-state index < -0.39 is 0 Å². The molecule has 0 bridgehead atoms. The highest BCUT2D eigenvalue weighted by molar-refractivity contribution is 5.24. The maximum absolute atomic E-state index is 4.19. The van der Waals surface area contributed by atoms with Crippen molar-refractivity contribution in [2.24, 2.45) is 0 Å². The maximum atomic E-state index is 4.19. The number of nitrogens with zero attached hydrogens (tertiary/aromatic N) is 2. The number of rotatable bonds is 2. The van der Waals surface area contributed by atoms with E-state index in [-0.39, 0.29) is 0 Å². The molecule has 2 heteroatoms. The fourth-order valence-electron chi connectivity index (χ4n) is 1.43. The molecule has 0 spiro atoms. The van der Waals surface area contributed by atoms with Gasteiger partial charge in [-0.25, -0.2) is 9.97 Å². The molecular formula is C12H12N2. The van der Waals surface area contributed by atoms with E-state index in [0.29, 0.717) is 0 Å². The summed E-state index contributed by atoms with van der Waals surface area (Å²) in [6.07, 6.45) is 4.36. The SMILES string of the molecule is Cc1cccc(Cc2ncccn2)c1. The summed E-state index contributed by atoms with van der Waals surface area (Å²) >= 11 is 0. The number of aryl methyl sites for hydroxylation is 1. The van der Waals surface area contributed by atoms with Crippen LogP contribution in [0.4, 0.5) is 0 Å². The van der Waals surface area contributed by atoms with E-state index in [1.807, 2.05) is 6.07 Å². The van der Waals surface area contributed by atoms with Gasteiger partial charge in [0.25, 0.3) is 0 Å². The molecule has 0 fully saturated rings. The van der Waals surface area contributed by atoms with Crippen LogP contribution in [0.15, 0.2) is 42.7 Å². The molecule has 2 nitrogen and oxygen atoms in total. The van der Waals surface area contributed by atoms with Gasteiger partial charge in [-0.15, -0.1) is 0 Å². The van der Waals surface area contributed by atoms with Crippen LogP contribution < -0.4 is 0 Å². The van der Waals surface area contributed by atoms with Gasteiger partial charge in [0.2, 0.25) is 0 Å². The second-order valence-corrected chi connectivity index (χ2v) is 3.33. The van der Waals surface area contributed by atoms with Gasteiger partial charge in [0, 0.05) is 18.8 Å². The Morgan fingerprint density at radius 2 is 1.86 bits per heavy atom. The summed E-state index contributed by atoms with van der Waals surface area (Å²) in [5.74, 6) is 0.873. The van der Waals surface area contributed by atoms with E-state index in [4.69, 9.17) is 0 Å². The van der Waals surface area contributed by atoms with Gasteiger partial charge in [-0.2, -0.15) is 0 Å². The molecule has 70 valence electrons. The largest absolute Gasteiger partial charge is 0.241 e. The lowest BCUT2D eigenvalue weighted by Gasteiger charge is -2.00. The number of benzene rings is 1. The van der Waals surface area contributed by atoms with Crippen molar-refractivity contribution in [1.29, 1.82) is 0 Å². The molecule has 0 saturated heterocycles. The fraction of sp³-hybridized carbons (Fsp3) is 0.167. The van der Waals surface area contributed by atoms with Crippen molar-refractivity contribution in [3.8, 4) is 0 Å². The third kappa shape index (κ3) is 2.16. The summed E-state index contributed by atoms with van der Waals surface area (Å²) in [7, 11) is 0. The van der Waals surface area contributed by atoms with Crippen LogP contribution in [0.25, 0.3) is 0 Å². The lowest BCUT2D eigenvalue weighted by atomic mass is 10.1. The van der Waals surface area contributed by atoms with E-state index in [2.05, 4.69) is 41.2 Å². The third-order valence-corrected chi connectivity index (χ3v) is 2.06. The van der Waals surface area contributed by atoms with Gasteiger partial charge in [0.15, 0.2) is 0 Å². The predicted molar refractivity (Wildman–Crippen MR) is 56.0 cm³/mol. The van der Waals surface area contributed by atoms with Gasteiger partial charge in [-0.05, 0) is 18.6 Å². The average molecular weight is 184 g/mol. The van der Waals surface area contributed by atoms with Gasteiger partial charge in [0.1, 0.15) is 5.82 Å². The zero-order valence-corrected chi connectivity index (χ0v) is 8.14. The van der Waals surface area contributed by atoms with Crippen molar-refractivity contribution in [2.75, 3.05) is 0 Å². The lowest BCUT2D eigenvalue weighted by Crippen LogP contribution is -1.94. The standard InChI is InChI=1S/C12H12N2/c1-10-4-2-5-11(8-10)9-12-13-6-3-7-14-12/h2-8H,9H2,1H3. The molecule has 1 aromatic carbocycles. The zero-order chi connectivity index (χ0) is 9.80. The molecule has 0 aliphatic rings. The Balaban J connectivity index is 2.19. The van der Waals surface area contributed by atoms with E-state index >= 15 is 0 Å². The first-order valence-corrected chi connectivity index (χ1v) is 4.66. The second kappa shape index (κ2) is 4.01. The molecule has 0 unspecified atom stereocenters. The lowest BCUT2D eigenvalue weighted by molar-refractivity contribution is 0.966. The third-order valence-electron chi connectivity index (χ3n) is 2.06. The molecule has 14 heavy (non-hydrogen) atoms. The highest BCUT2D eigenvalue weighted by atomic mass is 14.8. The normalized spacial score (nSPS) is 10.1. The quantitative estimate of drug-likeness (QED) is 0.716. The first kappa shape index (κ1) is 8.88. The van der Waals surface area contributed by atoms with Crippen molar-refractivity contribution in [3.05, 3.63) is 59.7 Å². The predicted octanol–water partition coefficient (Wildman–Crippen LogP) is 2.38. The first-order valence-electron chi connectivity index (χ1n) is 4.66. The Morgan fingerprint density at radius 3 is 2.57 bits per heavy atom. The molecule has 0 N–H and O–H groups in total. The Hall–Kier alpha value is -1.70. The minimum atomic E-state index is 0.808. The van der Waals surface area contributed by atoms with Crippen LogP contribution in [0.2, 0.25) is 0 Å². The highest BCUT2D eigenvalue weighted by Gasteiger charge is 1.97. The number of hydrogen-bond donors (Lipinski definition) is 0. The maximum Gasteiger partial charge on any atom is 0.132 e. The fourth-order valence-corrected chi connectivity index (χ4v) is 1.43. The smallest absolute Gasteiger partial charge is 0.132 e. The zero-order valence-electron chi connectivity index (χ0n) is 8.14. The second-order valence-electron chi connectivity index (χ2n) is 3.33. The van der Waals surface area contributed by atoms with Crippen LogP contribution in [0, 0.1) is 6.92 Å².